The third-order valence-electron chi connectivity index (χ3n) is 2.62. The van der Waals surface area contributed by atoms with Crippen molar-refractivity contribution < 1.29 is 12.8 Å². The van der Waals surface area contributed by atoms with Crippen molar-refractivity contribution in [3.63, 3.8) is 0 Å². The first-order valence-electron chi connectivity index (χ1n) is 5.36. The Bertz CT molecular complexity index is 863. The molecular formula is C11H10ClNO5S. The van der Waals surface area contributed by atoms with Gasteiger partial charge in [0.05, 0.1) is 15.8 Å². The standard InChI is InChI=1S/C11H10ClNO5S/c1-6(2)13-9-4-3-7(19(12,16)17)5-8(9)10(14)18-11(13)15/h3-6H,1-2H3. The van der Waals surface area contributed by atoms with Crippen LogP contribution in [0.5, 0.6) is 0 Å². The second-order valence-electron chi connectivity index (χ2n) is 4.24. The van der Waals surface area contributed by atoms with E-state index in [4.69, 9.17) is 10.7 Å². The Morgan fingerprint density at radius 1 is 1.26 bits per heavy atom. The lowest BCUT2D eigenvalue weighted by Crippen LogP contribution is -2.26. The highest BCUT2D eigenvalue weighted by Gasteiger charge is 2.16. The highest BCUT2D eigenvalue weighted by atomic mass is 35.7. The zero-order chi connectivity index (χ0) is 14.4. The zero-order valence-corrected chi connectivity index (χ0v) is 11.7. The second-order valence-corrected chi connectivity index (χ2v) is 6.80. The molecule has 8 heteroatoms. The SMILES string of the molecule is CC(C)n1c(=O)oc(=O)c2cc(S(=O)(=O)Cl)ccc21. The van der Waals surface area contributed by atoms with E-state index in [-0.39, 0.29) is 16.3 Å². The van der Waals surface area contributed by atoms with E-state index in [9.17, 15) is 18.0 Å². The molecule has 0 atom stereocenters. The van der Waals surface area contributed by atoms with Crippen molar-refractivity contribution in [2.24, 2.45) is 0 Å². The Balaban J connectivity index is 2.98. The number of aromatic nitrogens is 1. The maximum Gasteiger partial charge on any atom is 0.422 e. The van der Waals surface area contributed by atoms with Crippen LogP contribution in [0, 0.1) is 0 Å². The summed E-state index contributed by atoms with van der Waals surface area (Å²) >= 11 is 0. The average molecular weight is 304 g/mol. The molecule has 0 spiro atoms. The van der Waals surface area contributed by atoms with Crippen LogP contribution in [0.2, 0.25) is 0 Å². The molecule has 0 radical (unpaired) electrons. The molecule has 1 heterocycles. The van der Waals surface area contributed by atoms with E-state index < -0.39 is 20.4 Å². The molecule has 0 saturated heterocycles. The number of benzene rings is 1. The lowest BCUT2D eigenvalue weighted by Gasteiger charge is -2.11. The molecule has 6 nitrogen and oxygen atoms in total. The van der Waals surface area contributed by atoms with Crippen molar-refractivity contribution in [1.29, 1.82) is 0 Å². The van der Waals surface area contributed by atoms with Crippen LogP contribution < -0.4 is 11.4 Å². The van der Waals surface area contributed by atoms with E-state index in [1.807, 2.05) is 0 Å². The van der Waals surface area contributed by atoms with E-state index >= 15 is 0 Å². The minimum Gasteiger partial charge on any atom is -0.372 e. The molecule has 1 aromatic heterocycles. The lowest BCUT2D eigenvalue weighted by molar-refractivity contribution is 0.399. The van der Waals surface area contributed by atoms with E-state index in [1.54, 1.807) is 13.8 Å². The Morgan fingerprint density at radius 3 is 2.42 bits per heavy atom. The summed E-state index contributed by atoms with van der Waals surface area (Å²) < 4.78 is 28.3. The molecule has 0 aliphatic heterocycles. The van der Waals surface area contributed by atoms with Gasteiger partial charge in [-0.2, -0.15) is 0 Å². The normalized spacial score (nSPS) is 12.2. The van der Waals surface area contributed by atoms with Gasteiger partial charge >= 0.3 is 11.4 Å². The molecular weight excluding hydrogens is 294 g/mol. The minimum absolute atomic E-state index is 0.00461. The molecule has 0 aliphatic carbocycles. The van der Waals surface area contributed by atoms with Crippen LogP contribution in [-0.2, 0) is 9.05 Å². The van der Waals surface area contributed by atoms with Crippen LogP contribution >= 0.6 is 10.7 Å². The highest BCUT2D eigenvalue weighted by Crippen LogP contribution is 2.20. The van der Waals surface area contributed by atoms with Gasteiger partial charge in [0.15, 0.2) is 0 Å². The van der Waals surface area contributed by atoms with Crippen LogP contribution in [0.1, 0.15) is 19.9 Å². The largest absolute Gasteiger partial charge is 0.422 e. The van der Waals surface area contributed by atoms with Crippen LogP contribution in [0.15, 0.2) is 37.1 Å². The van der Waals surface area contributed by atoms with Crippen molar-refractivity contribution in [2.45, 2.75) is 24.8 Å². The van der Waals surface area contributed by atoms with Crippen LogP contribution in [0.3, 0.4) is 0 Å². The fraction of sp³-hybridized carbons (Fsp3) is 0.273. The molecule has 0 fully saturated rings. The van der Waals surface area contributed by atoms with Crippen LogP contribution in [-0.4, -0.2) is 13.0 Å². The van der Waals surface area contributed by atoms with Crippen molar-refractivity contribution in [3.8, 4) is 0 Å². The van der Waals surface area contributed by atoms with E-state index in [0.29, 0.717) is 5.52 Å². The molecule has 0 aliphatic rings. The number of hydrogen-bond donors (Lipinski definition) is 0. The fourth-order valence-electron chi connectivity index (χ4n) is 1.81. The van der Waals surface area contributed by atoms with Crippen LogP contribution in [0.25, 0.3) is 10.9 Å². The first-order valence-corrected chi connectivity index (χ1v) is 7.67. The molecule has 19 heavy (non-hydrogen) atoms. The summed E-state index contributed by atoms with van der Waals surface area (Å²) in [6.45, 7) is 3.49. The van der Waals surface area contributed by atoms with Crippen molar-refractivity contribution in [2.75, 3.05) is 0 Å². The third kappa shape index (κ3) is 2.43. The number of halogens is 1. The van der Waals surface area contributed by atoms with Gasteiger partial charge in [-0.25, -0.2) is 18.0 Å². The van der Waals surface area contributed by atoms with Gasteiger partial charge < -0.3 is 4.42 Å². The third-order valence-corrected chi connectivity index (χ3v) is 3.97. The fourth-order valence-corrected chi connectivity index (χ4v) is 2.59. The number of rotatable bonds is 2. The second kappa shape index (κ2) is 4.50. The van der Waals surface area contributed by atoms with E-state index in [2.05, 4.69) is 4.42 Å². The number of fused-ring (bicyclic) bond motifs is 1. The molecule has 0 bridgehead atoms. The summed E-state index contributed by atoms with van der Waals surface area (Å²) in [4.78, 5) is 23.0. The minimum atomic E-state index is -3.95. The van der Waals surface area contributed by atoms with Gasteiger partial charge in [0.2, 0.25) is 0 Å². The molecule has 0 unspecified atom stereocenters. The van der Waals surface area contributed by atoms with Crippen molar-refractivity contribution in [3.05, 3.63) is 39.2 Å². The molecule has 1 aromatic carbocycles. The molecule has 0 amide bonds. The van der Waals surface area contributed by atoms with Gasteiger partial charge in [-0.05, 0) is 32.0 Å². The number of nitrogens with zero attached hydrogens (tertiary/aromatic N) is 1. The van der Waals surface area contributed by atoms with E-state index in [1.165, 1.54) is 16.7 Å². The van der Waals surface area contributed by atoms with Gasteiger partial charge in [-0.3, -0.25) is 4.57 Å². The molecule has 102 valence electrons. The summed E-state index contributed by atoms with van der Waals surface area (Å²) in [7, 11) is 1.27. The average Bonchev–Trinajstić information content (AvgIpc) is 2.26. The Kier molecular flexibility index (Phi) is 3.27. The van der Waals surface area contributed by atoms with Gasteiger partial charge in [-0.15, -0.1) is 0 Å². The summed E-state index contributed by atoms with van der Waals surface area (Å²) in [5, 5.41) is -0.00461. The van der Waals surface area contributed by atoms with E-state index in [0.717, 1.165) is 6.07 Å². The Morgan fingerprint density at radius 2 is 1.89 bits per heavy atom. The van der Waals surface area contributed by atoms with Gasteiger partial charge in [0, 0.05) is 16.7 Å². The predicted molar refractivity (Wildman–Crippen MR) is 70.2 cm³/mol. The molecule has 2 rings (SSSR count). The highest BCUT2D eigenvalue weighted by molar-refractivity contribution is 8.13. The van der Waals surface area contributed by atoms with Gasteiger partial charge in [-0.1, -0.05) is 0 Å². The zero-order valence-electron chi connectivity index (χ0n) is 10.1. The quantitative estimate of drug-likeness (QED) is 0.784. The van der Waals surface area contributed by atoms with Gasteiger partial charge in [0.1, 0.15) is 0 Å². The topological polar surface area (TPSA) is 86.3 Å². The van der Waals surface area contributed by atoms with Crippen molar-refractivity contribution in [1.82, 2.24) is 4.57 Å². The maximum atomic E-state index is 11.6. The summed E-state index contributed by atoms with van der Waals surface area (Å²) in [5.41, 5.74) is -0.584. The monoisotopic (exact) mass is 303 g/mol. The first kappa shape index (κ1) is 13.8. The van der Waals surface area contributed by atoms with Crippen LogP contribution in [0.4, 0.5) is 0 Å². The predicted octanol–water partition coefficient (Wildman–Crippen LogP) is 1.46. The summed E-state index contributed by atoms with van der Waals surface area (Å²) in [6, 6.07) is 3.46. The number of hydrogen-bond acceptors (Lipinski definition) is 5. The molecule has 0 saturated carbocycles. The smallest absolute Gasteiger partial charge is 0.372 e. The lowest BCUT2D eigenvalue weighted by atomic mass is 10.2. The maximum absolute atomic E-state index is 11.6. The van der Waals surface area contributed by atoms with Gasteiger partial charge in [0.25, 0.3) is 9.05 Å². The Hall–Kier alpha value is -1.60. The molecule has 2 aromatic rings. The Labute approximate surface area is 112 Å². The first-order chi connectivity index (χ1) is 8.71. The van der Waals surface area contributed by atoms with Crippen molar-refractivity contribution >= 4 is 30.6 Å². The molecule has 0 N–H and O–H groups in total. The summed E-state index contributed by atoms with van der Waals surface area (Å²) in [5.74, 6) is -0.783. The summed E-state index contributed by atoms with van der Waals surface area (Å²) in [6.07, 6.45) is 0.